The number of aryl methyl sites for hydroxylation is 2. The number of nitrogens with one attached hydrogen (secondary N) is 1. The lowest BCUT2D eigenvalue weighted by molar-refractivity contribution is -0.117. The number of rotatable bonds is 4. The summed E-state index contributed by atoms with van der Waals surface area (Å²) in [6, 6.07) is 7.86. The molecule has 1 aliphatic rings. The maximum Gasteiger partial charge on any atom is 0.229 e. The Morgan fingerprint density at radius 1 is 1.19 bits per heavy atom. The van der Waals surface area contributed by atoms with Crippen LogP contribution in [0.25, 0.3) is 21.9 Å². The normalized spacial score (nSPS) is 20.0. The molecule has 4 aromatic rings. The zero-order valence-corrected chi connectivity index (χ0v) is 17.7. The van der Waals surface area contributed by atoms with Gasteiger partial charge in [-0.1, -0.05) is 6.92 Å². The van der Waals surface area contributed by atoms with Gasteiger partial charge in [0, 0.05) is 60.3 Å². The summed E-state index contributed by atoms with van der Waals surface area (Å²) in [5, 5.41) is 9.01. The van der Waals surface area contributed by atoms with Gasteiger partial charge in [-0.15, -0.1) is 0 Å². The van der Waals surface area contributed by atoms with Crippen LogP contribution < -0.4 is 11.1 Å². The van der Waals surface area contributed by atoms with Crippen LogP contribution in [0.2, 0.25) is 0 Å². The maximum absolute atomic E-state index is 12.9. The predicted molar refractivity (Wildman–Crippen MR) is 121 cm³/mol. The number of anilines is 2. The summed E-state index contributed by atoms with van der Waals surface area (Å²) in [7, 11) is 1.89. The van der Waals surface area contributed by atoms with Crippen LogP contribution in [-0.4, -0.2) is 25.7 Å². The standard InChI is InChI=1S/C24H24N6O/c1-13-4-5-26-10-18(13)15-6-16-8-21(27-11-19(16)20(25)7-15)29-24(31)23-14(2)22(23)17-9-28-30(3)12-17/h4-12,14,22-23H,25H2,1-3H3,(H,27,29,31)/t14-,22-,23+/m0/s1. The molecule has 5 rings (SSSR count). The van der Waals surface area contributed by atoms with Gasteiger partial charge in [-0.05, 0) is 59.2 Å². The van der Waals surface area contributed by atoms with Crippen LogP contribution in [0.4, 0.5) is 11.5 Å². The fourth-order valence-corrected chi connectivity index (χ4v) is 4.47. The van der Waals surface area contributed by atoms with Crippen LogP contribution in [0.1, 0.15) is 24.0 Å². The number of hydrogen-bond donors (Lipinski definition) is 2. The van der Waals surface area contributed by atoms with Crippen molar-refractivity contribution in [2.75, 3.05) is 11.1 Å². The first-order valence-electron chi connectivity index (χ1n) is 10.3. The molecule has 0 unspecified atom stereocenters. The van der Waals surface area contributed by atoms with Gasteiger partial charge in [-0.25, -0.2) is 4.98 Å². The number of benzene rings is 1. The van der Waals surface area contributed by atoms with Crippen molar-refractivity contribution in [1.29, 1.82) is 0 Å². The molecule has 0 radical (unpaired) electrons. The second-order valence-electron chi connectivity index (χ2n) is 8.39. The quantitative estimate of drug-likeness (QED) is 0.495. The summed E-state index contributed by atoms with van der Waals surface area (Å²) < 4.78 is 1.77. The van der Waals surface area contributed by atoms with E-state index in [1.54, 1.807) is 17.1 Å². The second-order valence-corrected chi connectivity index (χ2v) is 8.39. The molecule has 0 saturated heterocycles. The molecule has 3 aromatic heterocycles. The highest BCUT2D eigenvalue weighted by atomic mass is 16.2. The molecule has 1 aliphatic carbocycles. The van der Waals surface area contributed by atoms with E-state index in [0.29, 0.717) is 11.5 Å². The molecule has 1 saturated carbocycles. The highest BCUT2D eigenvalue weighted by Crippen LogP contribution is 2.54. The van der Waals surface area contributed by atoms with Gasteiger partial charge in [-0.3, -0.25) is 14.5 Å². The third kappa shape index (κ3) is 3.42. The van der Waals surface area contributed by atoms with Crippen LogP contribution in [0.3, 0.4) is 0 Å². The van der Waals surface area contributed by atoms with E-state index in [-0.39, 0.29) is 23.7 Å². The molecule has 31 heavy (non-hydrogen) atoms. The summed E-state index contributed by atoms with van der Waals surface area (Å²) in [6.45, 7) is 4.14. The minimum atomic E-state index is -0.0730. The molecule has 3 N–H and O–H groups in total. The van der Waals surface area contributed by atoms with E-state index in [4.69, 9.17) is 5.73 Å². The zero-order chi connectivity index (χ0) is 21.7. The van der Waals surface area contributed by atoms with Gasteiger partial charge in [0.05, 0.1) is 6.20 Å². The Morgan fingerprint density at radius 3 is 2.77 bits per heavy atom. The Hall–Kier alpha value is -3.74. The average molecular weight is 412 g/mol. The predicted octanol–water partition coefficient (Wildman–Crippen LogP) is 3.91. The molecule has 0 bridgehead atoms. The Morgan fingerprint density at radius 2 is 2.03 bits per heavy atom. The molecule has 0 aliphatic heterocycles. The number of aromatic nitrogens is 4. The van der Waals surface area contributed by atoms with Crippen molar-refractivity contribution >= 4 is 28.2 Å². The molecule has 156 valence electrons. The van der Waals surface area contributed by atoms with Crippen LogP contribution in [0, 0.1) is 18.8 Å². The lowest BCUT2D eigenvalue weighted by atomic mass is 9.99. The van der Waals surface area contributed by atoms with Gasteiger partial charge in [0.1, 0.15) is 5.82 Å². The number of carbonyl (C=O) groups excluding carboxylic acids is 1. The van der Waals surface area contributed by atoms with Gasteiger partial charge in [0.25, 0.3) is 0 Å². The maximum atomic E-state index is 12.9. The van der Waals surface area contributed by atoms with E-state index in [1.165, 1.54) is 0 Å². The van der Waals surface area contributed by atoms with E-state index in [0.717, 1.165) is 33.0 Å². The van der Waals surface area contributed by atoms with Crippen molar-refractivity contribution in [2.45, 2.75) is 19.8 Å². The Bertz CT molecular complexity index is 1310. The van der Waals surface area contributed by atoms with Crippen molar-refractivity contribution in [1.82, 2.24) is 19.7 Å². The Balaban J connectivity index is 1.42. The fraction of sp³-hybridized carbons (Fsp3) is 0.250. The first-order valence-corrected chi connectivity index (χ1v) is 10.3. The van der Waals surface area contributed by atoms with Crippen LogP contribution in [0.5, 0.6) is 0 Å². The van der Waals surface area contributed by atoms with E-state index < -0.39 is 0 Å². The van der Waals surface area contributed by atoms with Crippen LogP contribution in [0.15, 0.2) is 55.2 Å². The molecule has 7 nitrogen and oxygen atoms in total. The number of carbonyl (C=O) groups is 1. The fourth-order valence-electron chi connectivity index (χ4n) is 4.47. The van der Waals surface area contributed by atoms with Crippen molar-refractivity contribution in [3.05, 3.63) is 66.4 Å². The first-order chi connectivity index (χ1) is 14.9. The summed E-state index contributed by atoms with van der Waals surface area (Å²) in [6.07, 6.45) is 9.15. The number of hydrogen-bond acceptors (Lipinski definition) is 5. The Kier molecular flexibility index (Phi) is 4.46. The average Bonchev–Trinajstić information content (AvgIpc) is 3.22. The number of fused-ring (bicyclic) bond motifs is 1. The van der Waals surface area contributed by atoms with Gasteiger partial charge in [0.15, 0.2) is 0 Å². The summed E-state index contributed by atoms with van der Waals surface area (Å²) >= 11 is 0. The number of nitrogen functional groups attached to an aromatic ring is 1. The summed E-state index contributed by atoms with van der Waals surface area (Å²) in [4.78, 5) is 21.6. The van der Waals surface area contributed by atoms with Gasteiger partial charge >= 0.3 is 0 Å². The van der Waals surface area contributed by atoms with Gasteiger partial charge in [0.2, 0.25) is 5.91 Å². The van der Waals surface area contributed by atoms with E-state index in [1.807, 2.05) is 50.8 Å². The molecule has 7 heteroatoms. The molecule has 3 heterocycles. The van der Waals surface area contributed by atoms with Crippen molar-refractivity contribution in [3.8, 4) is 11.1 Å². The minimum absolute atomic E-state index is 0.0135. The van der Waals surface area contributed by atoms with E-state index >= 15 is 0 Å². The first kappa shape index (κ1) is 19.2. The number of pyridine rings is 2. The van der Waals surface area contributed by atoms with Crippen molar-refractivity contribution < 1.29 is 4.79 Å². The topological polar surface area (TPSA) is 98.7 Å². The van der Waals surface area contributed by atoms with Crippen molar-refractivity contribution in [3.63, 3.8) is 0 Å². The molecule has 0 spiro atoms. The SMILES string of the molecule is Cc1ccncc1-c1cc(N)c2cnc(NC(=O)[C@@H]3[C@@H](C)[C@H]3c3cnn(C)c3)cc2c1. The molecule has 3 atom stereocenters. The van der Waals surface area contributed by atoms with E-state index in [9.17, 15) is 4.79 Å². The van der Waals surface area contributed by atoms with Crippen LogP contribution in [-0.2, 0) is 11.8 Å². The summed E-state index contributed by atoms with van der Waals surface area (Å²) in [5.41, 5.74) is 11.2. The zero-order valence-electron chi connectivity index (χ0n) is 17.7. The Labute approximate surface area is 180 Å². The van der Waals surface area contributed by atoms with E-state index in [2.05, 4.69) is 33.4 Å². The lowest BCUT2D eigenvalue weighted by Gasteiger charge is -2.11. The largest absolute Gasteiger partial charge is 0.398 e. The summed E-state index contributed by atoms with van der Waals surface area (Å²) in [5.74, 6) is 0.919. The highest BCUT2D eigenvalue weighted by molar-refractivity contribution is 6.00. The number of amides is 1. The number of nitrogens with two attached hydrogens (primary N) is 1. The molecular weight excluding hydrogens is 388 g/mol. The third-order valence-electron chi connectivity index (χ3n) is 6.26. The molecule has 1 aromatic carbocycles. The molecular formula is C24H24N6O. The molecule has 1 amide bonds. The molecule has 1 fully saturated rings. The monoisotopic (exact) mass is 412 g/mol. The smallest absolute Gasteiger partial charge is 0.229 e. The highest BCUT2D eigenvalue weighted by Gasteiger charge is 2.52. The number of nitrogens with zero attached hydrogens (tertiary/aromatic N) is 4. The van der Waals surface area contributed by atoms with Crippen LogP contribution >= 0.6 is 0 Å². The third-order valence-corrected chi connectivity index (χ3v) is 6.26. The minimum Gasteiger partial charge on any atom is -0.398 e. The lowest BCUT2D eigenvalue weighted by Crippen LogP contribution is -2.16. The second kappa shape index (κ2) is 7.19. The van der Waals surface area contributed by atoms with Gasteiger partial charge in [-0.2, -0.15) is 5.10 Å². The van der Waals surface area contributed by atoms with Gasteiger partial charge < -0.3 is 11.1 Å². The van der Waals surface area contributed by atoms with Crippen molar-refractivity contribution in [2.24, 2.45) is 18.9 Å².